The number of nitrogen functional groups attached to an aromatic ring is 1. The first-order chi connectivity index (χ1) is 7.15. The number of benzene rings is 1. The van der Waals surface area contributed by atoms with Crippen molar-refractivity contribution in [3.8, 4) is 17.0 Å². The lowest BCUT2D eigenvalue weighted by molar-refractivity contribution is 0.475. The van der Waals surface area contributed by atoms with Gasteiger partial charge in [0.25, 0.3) is 0 Å². The van der Waals surface area contributed by atoms with Gasteiger partial charge >= 0.3 is 0 Å². The molecule has 2 aromatic rings. The zero-order valence-corrected chi connectivity index (χ0v) is 8.57. The first-order valence-corrected chi connectivity index (χ1v) is 4.75. The maximum atomic E-state index is 9.14. The molecule has 15 heavy (non-hydrogen) atoms. The number of nitrogens with two attached hydrogens (primary N) is 1. The molecule has 0 aliphatic carbocycles. The lowest BCUT2D eigenvalue weighted by atomic mass is 10.1. The highest BCUT2D eigenvalue weighted by Crippen LogP contribution is 2.23. The minimum absolute atomic E-state index is 0.216. The first-order valence-electron chi connectivity index (χ1n) is 4.37. The second-order valence-corrected chi connectivity index (χ2v) is 3.54. The number of hydrogen-bond acceptors (Lipinski definition) is 3. The van der Waals surface area contributed by atoms with Crippen molar-refractivity contribution in [2.75, 3.05) is 5.73 Å². The van der Waals surface area contributed by atoms with Crippen molar-refractivity contribution in [1.29, 1.82) is 0 Å². The van der Waals surface area contributed by atoms with Crippen molar-refractivity contribution in [2.24, 2.45) is 0 Å². The SMILES string of the molecule is Nc1cc(Cl)nc(-c2ccc(O)cc2)c1. The molecule has 3 nitrogen and oxygen atoms in total. The van der Waals surface area contributed by atoms with Gasteiger partial charge in [-0.05, 0) is 36.4 Å². The zero-order chi connectivity index (χ0) is 10.8. The molecule has 0 unspecified atom stereocenters. The van der Waals surface area contributed by atoms with Gasteiger partial charge in [0.1, 0.15) is 10.9 Å². The number of hydrogen-bond donors (Lipinski definition) is 2. The highest BCUT2D eigenvalue weighted by atomic mass is 35.5. The summed E-state index contributed by atoms with van der Waals surface area (Å²) in [7, 11) is 0. The maximum Gasteiger partial charge on any atom is 0.131 e. The zero-order valence-electron chi connectivity index (χ0n) is 7.81. The molecule has 0 bridgehead atoms. The summed E-state index contributed by atoms with van der Waals surface area (Å²) >= 11 is 5.79. The molecule has 1 aromatic heterocycles. The van der Waals surface area contributed by atoms with Crippen molar-refractivity contribution in [3.63, 3.8) is 0 Å². The summed E-state index contributed by atoms with van der Waals surface area (Å²) in [6.45, 7) is 0. The predicted octanol–water partition coefficient (Wildman–Crippen LogP) is 2.69. The van der Waals surface area contributed by atoms with Crippen molar-refractivity contribution in [1.82, 2.24) is 4.98 Å². The summed E-state index contributed by atoms with van der Waals surface area (Å²) in [5.74, 6) is 0.216. The number of halogens is 1. The summed E-state index contributed by atoms with van der Waals surface area (Å²) < 4.78 is 0. The lowest BCUT2D eigenvalue weighted by Crippen LogP contribution is -1.89. The van der Waals surface area contributed by atoms with Crippen LogP contribution in [0.4, 0.5) is 5.69 Å². The number of pyridine rings is 1. The van der Waals surface area contributed by atoms with Gasteiger partial charge in [0, 0.05) is 11.3 Å². The van der Waals surface area contributed by atoms with E-state index in [4.69, 9.17) is 22.4 Å². The number of phenols is 1. The predicted molar refractivity (Wildman–Crippen MR) is 60.8 cm³/mol. The molecule has 4 heteroatoms. The van der Waals surface area contributed by atoms with Crippen molar-refractivity contribution >= 4 is 17.3 Å². The van der Waals surface area contributed by atoms with Gasteiger partial charge in [-0.2, -0.15) is 0 Å². The molecule has 1 heterocycles. The maximum absolute atomic E-state index is 9.14. The normalized spacial score (nSPS) is 10.2. The van der Waals surface area contributed by atoms with E-state index in [1.54, 1.807) is 36.4 Å². The molecule has 1 aromatic carbocycles. The fourth-order valence-corrected chi connectivity index (χ4v) is 1.51. The van der Waals surface area contributed by atoms with Crippen LogP contribution >= 0.6 is 11.6 Å². The molecule has 0 saturated heterocycles. The Kier molecular flexibility index (Phi) is 2.47. The molecule has 3 N–H and O–H groups in total. The molecule has 0 amide bonds. The van der Waals surface area contributed by atoms with Gasteiger partial charge in [0.05, 0.1) is 5.69 Å². The number of anilines is 1. The van der Waals surface area contributed by atoms with E-state index in [-0.39, 0.29) is 5.75 Å². The molecule has 0 aliphatic heterocycles. The van der Waals surface area contributed by atoms with Gasteiger partial charge in [-0.15, -0.1) is 0 Å². The lowest BCUT2D eigenvalue weighted by Gasteiger charge is -2.03. The highest BCUT2D eigenvalue weighted by molar-refractivity contribution is 6.29. The molecule has 76 valence electrons. The topological polar surface area (TPSA) is 59.1 Å². The molecule has 0 atom stereocenters. The van der Waals surface area contributed by atoms with Crippen LogP contribution in [0.15, 0.2) is 36.4 Å². The third-order valence-corrected chi connectivity index (χ3v) is 2.17. The largest absolute Gasteiger partial charge is 0.508 e. The average molecular weight is 221 g/mol. The standard InChI is InChI=1S/C11H9ClN2O/c12-11-6-8(13)5-10(14-11)7-1-3-9(15)4-2-7/h1-6,15H,(H2,13,14). The Bertz CT molecular complexity index is 462. The van der Waals surface area contributed by atoms with E-state index >= 15 is 0 Å². The van der Waals surface area contributed by atoms with Crippen LogP contribution in [0.3, 0.4) is 0 Å². The summed E-state index contributed by atoms with van der Waals surface area (Å²) in [6, 6.07) is 10.0. The number of nitrogens with zero attached hydrogens (tertiary/aromatic N) is 1. The van der Waals surface area contributed by atoms with E-state index in [9.17, 15) is 0 Å². The Morgan fingerprint density at radius 2 is 1.80 bits per heavy atom. The van der Waals surface area contributed by atoms with Crippen molar-refractivity contribution in [3.05, 3.63) is 41.6 Å². The average Bonchev–Trinajstić information content (AvgIpc) is 2.17. The number of phenolic OH excluding ortho intramolecular Hbond substituents is 1. The molecule has 0 saturated carbocycles. The molecular formula is C11H9ClN2O. The Labute approximate surface area is 92.1 Å². The molecule has 0 spiro atoms. The van der Waals surface area contributed by atoms with E-state index in [1.165, 1.54) is 0 Å². The van der Waals surface area contributed by atoms with Crippen molar-refractivity contribution in [2.45, 2.75) is 0 Å². The Morgan fingerprint density at radius 1 is 1.13 bits per heavy atom. The molecular weight excluding hydrogens is 212 g/mol. The number of aromatic nitrogens is 1. The van der Waals surface area contributed by atoms with E-state index in [0.717, 1.165) is 5.56 Å². The first kappa shape index (κ1) is 9.80. The summed E-state index contributed by atoms with van der Waals surface area (Å²) in [5, 5.41) is 9.50. The third kappa shape index (κ3) is 2.19. The fraction of sp³-hybridized carbons (Fsp3) is 0. The van der Waals surface area contributed by atoms with Gasteiger partial charge < -0.3 is 10.8 Å². The minimum Gasteiger partial charge on any atom is -0.508 e. The van der Waals surface area contributed by atoms with Crippen LogP contribution < -0.4 is 5.73 Å². The summed E-state index contributed by atoms with van der Waals surface area (Å²) in [5.41, 5.74) is 7.78. The van der Waals surface area contributed by atoms with Crippen molar-refractivity contribution < 1.29 is 5.11 Å². The molecule has 0 fully saturated rings. The fourth-order valence-electron chi connectivity index (χ4n) is 1.30. The second-order valence-electron chi connectivity index (χ2n) is 3.16. The summed E-state index contributed by atoms with van der Waals surface area (Å²) in [6.07, 6.45) is 0. The molecule has 0 aliphatic rings. The molecule has 0 radical (unpaired) electrons. The quantitative estimate of drug-likeness (QED) is 0.727. The number of rotatable bonds is 1. The van der Waals surface area contributed by atoms with E-state index < -0.39 is 0 Å². The van der Waals surface area contributed by atoms with Crippen LogP contribution in [-0.4, -0.2) is 10.1 Å². The van der Waals surface area contributed by atoms with Gasteiger partial charge in [-0.1, -0.05) is 11.6 Å². The van der Waals surface area contributed by atoms with Gasteiger partial charge in [0.2, 0.25) is 0 Å². The van der Waals surface area contributed by atoms with Crippen LogP contribution in [0.1, 0.15) is 0 Å². The van der Waals surface area contributed by atoms with E-state index in [2.05, 4.69) is 4.98 Å². The highest BCUT2D eigenvalue weighted by Gasteiger charge is 2.02. The second kappa shape index (κ2) is 3.79. The van der Waals surface area contributed by atoms with Gasteiger partial charge in [0.15, 0.2) is 0 Å². The Hall–Kier alpha value is -1.74. The van der Waals surface area contributed by atoms with Crippen LogP contribution in [0.25, 0.3) is 11.3 Å². The molecule has 2 rings (SSSR count). The summed E-state index contributed by atoms with van der Waals surface area (Å²) in [4.78, 5) is 4.14. The number of aromatic hydroxyl groups is 1. The van der Waals surface area contributed by atoms with Gasteiger partial charge in [-0.25, -0.2) is 4.98 Å². The smallest absolute Gasteiger partial charge is 0.131 e. The van der Waals surface area contributed by atoms with Crippen LogP contribution in [0.5, 0.6) is 5.75 Å². The van der Waals surface area contributed by atoms with Crippen LogP contribution in [0, 0.1) is 0 Å². The van der Waals surface area contributed by atoms with Crippen LogP contribution in [-0.2, 0) is 0 Å². The minimum atomic E-state index is 0.216. The third-order valence-electron chi connectivity index (χ3n) is 1.98. The van der Waals surface area contributed by atoms with Crippen LogP contribution in [0.2, 0.25) is 5.15 Å². The van der Waals surface area contributed by atoms with E-state index in [0.29, 0.717) is 16.5 Å². The monoisotopic (exact) mass is 220 g/mol. The Balaban J connectivity index is 2.49. The van der Waals surface area contributed by atoms with Gasteiger partial charge in [-0.3, -0.25) is 0 Å². The van der Waals surface area contributed by atoms with E-state index in [1.807, 2.05) is 0 Å². The Morgan fingerprint density at radius 3 is 2.40 bits per heavy atom.